The second-order valence-electron chi connectivity index (χ2n) is 5.00. The molecule has 21 heavy (non-hydrogen) atoms. The van der Waals surface area contributed by atoms with E-state index in [9.17, 15) is 9.59 Å². The van der Waals surface area contributed by atoms with Crippen molar-refractivity contribution in [2.75, 3.05) is 20.8 Å². The van der Waals surface area contributed by atoms with Crippen LogP contribution in [0.4, 0.5) is 0 Å². The van der Waals surface area contributed by atoms with Crippen LogP contribution in [0.3, 0.4) is 0 Å². The lowest BCUT2D eigenvalue weighted by Crippen LogP contribution is -2.35. The molecule has 1 rings (SSSR count). The maximum absolute atomic E-state index is 12.1. The summed E-state index contributed by atoms with van der Waals surface area (Å²) < 4.78 is 10.2. The molecule has 0 aromatic heterocycles. The van der Waals surface area contributed by atoms with Gasteiger partial charge in [-0.3, -0.25) is 9.59 Å². The first kappa shape index (κ1) is 16.8. The van der Waals surface area contributed by atoms with Crippen LogP contribution in [0.1, 0.15) is 24.2 Å². The first-order chi connectivity index (χ1) is 9.88. The van der Waals surface area contributed by atoms with Crippen molar-refractivity contribution in [3.05, 3.63) is 23.8 Å². The summed E-state index contributed by atoms with van der Waals surface area (Å²) in [6.45, 7) is 3.68. The summed E-state index contributed by atoms with van der Waals surface area (Å²) in [5, 5.41) is 11.7. The molecule has 0 spiro atoms. The second kappa shape index (κ2) is 7.52. The van der Waals surface area contributed by atoms with E-state index in [1.807, 2.05) is 0 Å². The molecule has 0 saturated heterocycles. The average Bonchev–Trinajstić information content (AvgIpc) is 2.45. The van der Waals surface area contributed by atoms with E-state index >= 15 is 0 Å². The molecule has 1 unspecified atom stereocenters. The zero-order valence-electron chi connectivity index (χ0n) is 12.7. The third-order valence-corrected chi connectivity index (χ3v) is 3.22. The largest absolute Gasteiger partial charge is 0.497 e. The lowest BCUT2D eigenvalue weighted by atomic mass is 9.96. The van der Waals surface area contributed by atoms with Crippen LogP contribution in [-0.4, -0.2) is 37.7 Å². The number of carboxylic acids is 1. The molecule has 1 aromatic rings. The zero-order valence-corrected chi connectivity index (χ0v) is 12.7. The van der Waals surface area contributed by atoms with Gasteiger partial charge in [-0.2, -0.15) is 0 Å². The number of carbonyl (C=O) groups is 2. The molecule has 116 valence electrons. The number of hydrogen-bond acceptors (Lipinski definition) is 4. The van der Waals surface area contributed by atoms with E-state index in [1.54, 1.807) is 32.0 Å². The molecule has 2 N–H and O–H groups in total. The number of ether oxygens (including phenoxy) is 2. The molecular formula is C15H21NO5. The summed E-state index contributed by atoms with van der Waals surface area (Å²) in [7, 11) is 2.99. The summed E-state index contributed by atoms with van der Waals surface area (Å²) in [4.78, 5) is 23.2. The van der Waals surface area contributed by atoms with Crippen LogP contribution in [0.5, 0.6) is 11.5 Å². The highest BCUT2D eigenvalue weighted by Crippen LogP contribution is 2.22. The number of benzene rings is 1. The normalized spacial score (nSPS) is 11.9. The average molecular weight is 295 g/mol. The van der Waals surface area contributed by atoms with Gasteiger partial charge in [0, 0.05) is 18.2 Å². The standard InChI is InChI=1S/C15H21NO5/c1-9(2)13(15(18)19)8-16-14(17)10-5-11(20-3)7-12(6-10)21-4/h5-7,9,13H,8H2,1-4H3,(H,16,17)(H,18,19). The Balaban J connectivity index is 2.82. The SMILES string of the molecule is COc1cc(OC)cc(C(=O)NCC(C(=O)O)C(C)C)c1. The molecule has 6 heteroatoms. The lowest BCUT2D eigenvalue weighted by molar-refractivity contribution is -0.142. The molecule has 0 bridgehead atoms. The molecule has 1 atom stereocenters. The van der Waals surface area contributed by atoms with E-state index in [-0.39, 0.29) is 18.4 Å². The number of hydrogen-bond donors (Lipinski definition) is 2. The number of carbonyl (C=O) groups excluding carboxylic acids is 1. The molecule has 1 aromatic carbocycles. The van der Waals surface area contributed by atoms with Gasteiger partial charge in [-0.25, -0.2) is 0 Å². The molecule has 0 aliphatic carbocycles. The van der Waals surface area contributed by atoms with Crippen molar-refractivity contribution in [1.29, 1.82) is 0 Å². The molecule has 0 fully saturated rings. The third kappa shape index (κ3) is 4.66. The van der Waals surface area contributed by atoms with Gasteiger partial charge in [0.25, 0.3) is 5.91 Å². The highest BCUT2D eigenvalue weighted by Gasteiger charge is 2.22. The number of rotatable bonds is 7. The summed E-state index contributed by atoms with van der Waals surface area (Å²) >= 11 is 0. The number of carboxylic acid groups (broad SMARTS) is 1. The van der Waals surface area contributed by atoms with Gasteiger partial charge in [0.1, 0.15) is 11.5 Å². The number of nitrogens with one attached hydrogen (secondary N) is 1. The Morgan fingerprint density at radius 1 is 1.14 bits per heavy atom. The molecule has 0 aliphatic heterocycles. The van der Waals surface area contributed by atoms with Gasteiger partial charge >= 0.3 is 5.97 Å². The van der Waals surface area contributed by atoms with E-state index in [2.05, 4.69) is 5.32 Å². The summed E-state index contributed by atoms with van der Waals surface area (Å²) in [6, 6.07) is 4.80. The number of aliphatic carboxylic acids is 1. The van der Waals surface area contributed by atoms with Crippen molar-refractivity contribution in [3.63, 3.8) is 0 Å². The van der Waals surface area contributed by atoms with Gasteiger partial charge in [-0.05, 0) is 18.1 Å². The fraction of sp³-hybridized carbons (Fsp3) is 0.467. The molecule has 0 aliphatic rings. The lowest BCUT2D eigenvalue weighted by Gasteiger charge is -2.17. The van der Waals surface area contributed by atoms with Crippen LogP contribution in [0, 0.1) is 11.8 Å². The van der Waals surface area contributed by atoms with E-state index in [4.69, 9.17) is 14.6 Å². The Kier molecular flexibility index (Phi) is 6.02. The van der Waals surface area contributed by atoms with Gasteiger partial charge < -0.3 is 19.9 Å². The van der Waals surface area contributed by atoms with E-state index < -0.39 is 11.9 Å². The Morgan fingerprint density at radius 2 is 1.67 bits per heavy atom. The van der Waals surface area contributed by atoms with Crippen molar-refractivity contribution < 1.29 is 24.2 Å². The van der Waals surface area contributed by atoms with E-state index in [0.717, 1.165) is 0 Å². The Bertz CT molecular complexity index is 491. The predicted molar refractivity (Wildman–Crippen MR) is 77.8 cm³/mol. The highest BCUT2D eigenvalue weighted by molar-refractivity contribution is 5.95. The molecule has 0 heterocycles. The van der Waals surface area contributed by atoms with Gasteiger partial charge in [-0.15, -0.1) is 0 Å². The molecule has 6 nitrogen and oxygen atoms in total. The van der Waals surface area contributed by atoms with Crippen LogP contribution in [-0.2, 0) is 4.79 Å². The number of methoxy groups -OCH3 is 2. The zero-order chi connectivity index (χ0) is 16.0. The molecular weight excluding hydrogens is 274 g/mol. The summed E-state index contributed by atoms with van der Waals surface area (Å²) in [6.07, 6.45) is 0. The maximum atomic E-state index is 12.1. The van der Waals surface area contributed by atoms with Gasteiger partial charge in [-0.1, -0.05) is 13.8 Å². The van der Waals surface area contributed by atoms with Gasteiger partial charge in [0.2, 0.25) is 0 Å². The summed E-state index contributed by atoms with van der Waals surface area (Å²) in [5.74, 6) is -0.979. The minimum absolute atomic E-state index is 0.0670. The second-order valence-corrected chi connectivity index (χ2v) is 5.00. The summed E-state index contributed by atoms with van der Waals surface area (Å²) in [5.41, 5.74) is 0.360. The Morgan fingerprint density at radius 3 is 2.05 bits per heavy atom. The first-order valence-electron chi connectivity index (χ1n) is 6.63. The minimum atomic E-state index is -0.923. The van der Waals surface area contributed by atoms with Crippen LogP contribution >= 0.6 is 0 Å². The van der Waals surface area contributed by atoms with Crippen molar-refractivity contribution in [3.8, 4) is 11.5 Å². The first-order valence-corrected chi connectivity index (χ1v) is 6.63. The molecule has 0 radical (unpaired) electrons. The predicted octanol–water partition coefficient (Wildman–Crippen LogP) is 1.79. The van der Waals surface area contributed by atoms with Gasteiger partial charge in [0.05, 0.1) is 20.1 Å². The maximum Gasteiger partial charge on any atom is 0.308 e. The smallest absolute Gasteiger partial charge is 0.308 e. The van der Waals surface area contributed by atoms with Crippen molar-refractivity contribution in [1.82, 2.24) is 5.32 Å². The van der Waals surface area contributed by atoms with Crippen molar-refractivity contribution in [2.45, 2.75) is 13.8 Å². The molecule has 1 amide bonds. The van der Waals surface area contributed by atoms with E-state index in [0.29, 0.717) is 17.1 Å². The van der Waals surface area contributed by atoms with Crippen molar-refractivity contribution in [2.24, 2.45) is 11.8 Å². The van der Waals surface area contributed by atoms with Gasteiger partial charge in [0.15, 0.2) is 0 Å². The Hall–Kier alpha value is -2.24. The van der Waals surface area contributed by atoms with Crippen LogP contribution in [0.25, 0.3) is 0 Å². The van der Waals surface area contributed by atoms with Crippen molar-refractivity contribution >= 4 is 11.9 Å². The van der Waals surface area contributed by atoms with Crippen LogP contribution in [0.2, 0.25) is 0 Å². The Labute approximate surface area is 124 Å². The monoisotopic (exact) mass is 295 g/mol. The topological polar surface area (TPSA) is 84.9 Å². The van der Waals surface area contributed by atoms with Crippen LogP contribution in [0.15, 0.2) is 18.2 Å². The third-order valence-electron chi connectivity index (χ3n) is 3.22. The van der Waals surface area contributed by atoms with Crippen LogP contribution < -0.4 is 14.8 Å². The fourth-order valence-corrected chi connectivity index (χ4v) is 1.85. The number of amides is 1. The fourth-order valence-electron chi connectivity index (χ4n) is 1.85. The quantitative estimate of drug-likeness (QED) is 0.801. The van der Waals surface area contributed by atoms with E-state index in [1.165, 1.54) is 14.2 Å². The highest BCUT2D eigenvalue weighted by atomic mass is 16.5. The minimum Gasteiger partial charge on any atom is -0.497 e. The molecule has 0 saturated carbocycles.